The minimum Gasteiger partial charge on any atom is -0.394 e. The molecular formula is C9H21NO3. The van der Waals surface area contributed by atoms with Crippen LogP contribution in [0.4, 0.5) is 0 Å². The van der Waals surface area contributed by atoms with Crippen LogP contribution in [-0.4, -0.2) is 47.2 Å². The molecule has 4 nitrogen and oxygen atoms in total. The Morgan fingerprint density at radius 1 is 1.08 bits per heavy atom. The van der Waals surface area contributed by atoms with Gasteiger partial charge in [-0.3, -0.25) is 0 Å². The molecule has 0 aromatic heterocycles. The third-order valence-corrected chi connectivity index (χ3v) is 1.71. The van der Waals surface area contributed by atoms with Crippen LogP contribution in [0.25, 0.3) is 0 Å². The van der Waals surface area contributed by atoms with E-state index in [1.165, 1.54) is 0 Å². The highest BCUT2D eigenvalue weighted by Crippen LogP contribution is 2.02. The van der Waals surface area contributed by atoms with Crippen molar-refractivity contribution in [2.75, 3.05) is 19.7 Å². The van der Waals surface area contributed by atoms with Crippen LogP contribution in [0, 0.1) is 5.92 Å². The van der Waals surface area contributed by atoms with Crippen LogP contribution < -0.4 is 5.32 Å². The van der Waals surface area contributed by atoms with Crippen molar-refractivity contribution in [2.24, 2.45) is 5.92 Å². The molecule has 0 aliphatic carbocycles. The van der Waals surface area contributed by atoms with Crippen LogP contribution in [-0.2, 0) is 0 Å². The Kier molecular flexibility index (Phi) is 7.17. The van der Waals surface area contributed by atoms with E-state index in [1.54, 1.807) is 0 Å². The molecule has 4 N–H and O–H groups in total. The van der Waals surface area contributed by atoms with Gasteiger partial charge in [-0.1, -0.05) is 13.8 Å². The molecule has 0 aromatic carbocycles. The maximum atomic E-state index is 9.40. The zero-order chi connectivity index (χ0) is 10.3. The van der Waals surface area contributed by atoms with Crippen molar-refractivity contribution in [1.82, 2.24) is 5.32 Å². The van der Waals surface area contributed by atoms with E-state index in [9.17, 15) is 5.11 Å². The summed E-state index contributed by atoms with van der Waals surface area (Å²) in [5.41, 5.74) is 0. The topological polar surface area (TPSA) is 72.7 Å². The second-order valence-electron chi connectivity index (χ2n) is 3.78. The fraction of sp³-hybridized carbons (Fsp3) is 1.00. The molecule has 0 radical (unpaired) electrons. The third kappa shape index (κ3) is 8.18. The molecule has 1 unspecified atom stereocenters. The van der Waals surface area contributed by atoms with Crippen molar-refractivity contribution in [2.45, 2.75) is 32.5 Å². The van der Waals surface area contributed by atoms with Gasteiger partial charge in [0.15, 0.2) is 0 Å². The highest BCUT2D eigenvalue weighted by Gasteiger charge is 2.07. The van der Waals surface area contributed by atoms with E-state index in [0.717, 1.165) is 6.42 Å². The lowest BCUT2D eigenvalue weighted by atomic mass is 10.1. The van der Waals surface area contributed by atoms with Crippen molar-refractivity contribution >= 4 is 0 Å². The first-order valence-corrected chi connectivity index (χ1v) is 4.74. The Hall–Kier alpha value is -0.160. The molecule has 0 heterocycles. The molecular weight excluding hydrogens is 170 g/mol. The predicted octanol–water partition coefficient (Wildman–Crippen LogP) is -0.664. The molecule has 13 heavy (non-hydrogen) atoms. The Labute approximate surface area is 79.6 Å². The fourth-order valence-electron chi connectivity index (χ4n) is 1.11. The van der Waals surface area contributed by atoms with Gasteiger partial charge < -0.3 is 20.6 Å². The van der Waals surface area contributed by atoms with Crippen LogP contribution in [0.15, 0.2) is 0 Å². The van der Waals surface area contributed by atoms with Crippen LogP contribution >= 0.6 is 0 Å². The highest BCUT2D eigenvalue weighted by atomic mass is 16.3. The molecule has 80 valence electrons. The van der Waals surface area contributed by atoms with Gasteiger partial charge in [-0.25, -0.2) is 0 Å². The fourth-order valence-corrected chi connectivity index (χ4v) is 1.11. The molecule has 0 bridgehead atoms. The first kappa shape index (κ1) is 12.8. The van der Waals surface area contributed by atoms with Gasteiger partial charge in [-0.2, -0.15) is 0 Å². The zero-order valence-electron chi connectivity index (χ0n) is 8.40. The minimum atomic E-state index is -0.730. The molecule has 4 heteroatoms. The maximum absolute atomic E-state index is 9.40. The molecule has 2 atom stereocenters. The number of aliphatic hydroxyl groups excluding tert-OH is 3. The van der Waals surface area contributed by atoms with Gasteiger partial charge in [-0.15, -0.1) is 0 Å². The van der Waals surface area contributed by atoms with E-state index in [0.29, 0.717) is 19.0 Å². The van der Waals surface area contributed by atoms with E-state index < -0.39 is 6.10 Å². The van der Waals surface area contributed by atoms with Gasteiger partial charge >= 0.3 is 0 Å². The summed E-state index contributed by atoms with van der Waals surface area (Å²) < 4.78 is 0. The Bertz CT molecular complexity index is 119. The number of rotatable bonds is 7. The summed E-state index contributed by atoms with van der Waals surface area (Å²) in [5, 5.41) is 29.7. The van der Waals surface area contributed by atoms with Crippen LogP contribution in [0.5, 0.6) is 0 Å². The second-order valence-corrected chi connectivity index (χ2v) is 3.78. The normalized spacial score (nSPS) is 16.2. The second kappa shape index (κ2) is 7.26. The van der Waals surface area contributed by atoms with E-state index in [2.05, 4.69) is 5.32 Å². The summed E-state index contributed by atoms with van der Waals surface area (Å²) in [6.45, 7) is 4.64. The van der Waals surface area contributed by atoms with Crippen molar-refractivity contribution in [3.63, 3.8) is 0 Å². The lowest BCUT2D eigenvalue weighted by Gasteiger charge is -2.15. The van der Waals surface area contributed by atoms with Gasteiger partial charge in [0.05, 0.1) is 18.8 Å². The quantitative estimate of drug-likeness (QED) is 0.431. The third-order valence-electron chi connectivity index (χ3n) is 1.71. The number of hydrogen-bond acceptors (Lipinski definition) is 4. The summed E-state index contributed by atoms with van der Waals surface area (Å²) in [5.74, 6) is 0.472. The van der Waals surface area contributed by atoms with Crippen molar-refractivity contribution < 1.29 is 15.3 Å². The predicted molar refractivity (Wildman–Crippen MR) is 51.4 cm³/mol. The molecule has 0 aromatic rings. The largest absolute Gasteiger partial charge is 0.394 e. The first-order valence-electron chi connectivity index (χ1n) is 4.74. The Morgan fingerprint density at radius 3 is 2.08 bits per heavy atom. The van der Waals surface area contributed by atoms with E-state index in [1.807, 2.05) is 13.8 Å². The summed E-state index contributed by atoms with van der Waals surface area (Å²) in [7, 11) is 0. The Morgan fingerprint density at radius 2 is 1.62 bits per heavy atom. The van der Waals surface area contributed by atoms with Crippen molar-refractivity contribution in [3.05, 3.63) is 0 Å². The maximum Gasteiger partial charge on any atom is 0.0894 e. The summed E-state index contributed by atoms with van der Waals surface area (Å²) in [4.78, 5) is 0. The van der Waals surface area contributed by atoms with Crippen LogP contribution in [0.2, 0.25) is 0 Å². The van der Waals surface area contributed by atoms with Gasteiger partial charge in [0.2, 0.25) is 0 Å². The molecule has 0 saturated carbocycles. The monoisotopic (exact) mass is 191 g/mol. The molecule has 0 saturated heterocycles. The molecule has 0 rings (SSSR count). The SMILES string of the molecule is CC(C)CC(O)CNC[C@H](O)CO. The average molecular weight is 191 g/mol. The summed E-state index contributed by atoms with van der Waals surface area (Å²) in [6.07, 6.45) is -0.348. The summed E-state index contributed by atoms with van der Waals surface area (Å²) in [6, 6.07) is 0. The summed E-state index contributed by atoms with van der Waals surface area (Å²) >= 11 is 0. The van der Waals surface area contributed by atoms with Gasteiger partial charge in [0.1, 0.15) is 0 Å². The molecule has 0 spiro atoms. The highest BCUT2D eigenvalue weighted by molar-refractivity contribution is 4.64. The Balaban J connectivity index is 3.31. The first-order chi connectivity index (χ1) is 6.06. The van der Waals surface area contributed by atoms with Crippen LogP contribution in [0.1, 0.15) is 20.3 Å². The van der Waals surface area contributed by atoms with Gasteiger partial charge in [-0.05, 0) is 12.3 Å². The van der Waals surface area contributed by atoms with E-state index in [4.69, 9.17) is 10.2 Å². The van der Waals surface area contributed by atoms with Crippen LogP contribution in [0.3, 0.4) is 0 Å². The van der Waals surface area contributed by atoms with Gasteiger partial charge in [0, 0.05) is 13.1 Å². The lowest BCUT2D eigenvalue weighted by molar-refractivity contribution is 0.0869. The minimum absolute atomic E-state index is 0.243. The van der Waals surface area contributed by atoms with Crippen molar-refractivity contribution in [1.29, 1.82) is 0 Å². The molecule has 0 aliphatic heterocycles. The number of aliphatic hydroxyl groups is 3. The molecule has 0 amide bonds. The smallest absolute Gasteiger partial charge is 0.0894 e. The average Bonchev–Trinajstić information content (AvgIpc) is 2.02. The zero-order valence-corrected chi connectivity index (χ0v) is 8.40. The van der Waals surface area contributed by atoms with Gasteiger partial charge in [0.25, 0.3) is 0 Å². The number of hydrogen-bond donors (Lipinski definition) is 4. The molecule has 0 fully saturated rings. The van der Waals surface area contributed by atoms with Crippen molar-refractivity contribution in [3.8, 4) is 0 Å². The van der Waals surface area contributed by atoms with E-state index in [-0.39, 0.29) is 12.7 Å². The van der Waals surface area contributed by atoms with E-state index >= 15 is 0 Å². The number of nitrogens with one attached hydrogen (secondary N) is 1. The molecule has 0 aliphatic rings. The standard InChI is InChI=1S/C9H21NO3/c1-7(2)3-8(12)4-10-5-9(13)6-11/h7-13H,3-6H2,1-2H3/t8?,9-/m0/s1. The lowest BCUT2D eigenvalue weighted by Crippen LogP contribution is -2.35.